The zero-order chi connectivity index (χ0) is 14.8. The van der Waals surface area contributed by atoms with Gasteiger partial charge in [0.1, 0.15) is 6.33 Å². The van der Waals surface area contributed by atoms with Crippen molar-refractivity contribution < 1.29 is 4.79 Å². The Morgan fingerprint density at radius 3 is 2.86 bits per heavy atom. The summed E-state index contributed by atoms with van der Waals surface area (Å²) in [6.45, 7) is 2.89. The summed E-state index contributed by atoms with van der Waals surface area (Å²) < 4.78 is 1.89. The summed E-state index contributed by atoms with van der Waals surface area (Å²) in [4.78, 5) is 16.0. The third-order valence-electron chi connectivity index (χ3n) is 3.36. The lowest BCUT2D eigenvalue weighted by molar-refractivity contribution is 0.100. The molecule has 106 valence electrons. The average molecular weight is 280 g/mol. The number of nitrogens with zero attached hydrogens (tertiary/aromatic N) is 2. The number of primary amides is 1. The number of carbonyl (C=O) groups excluding carboxylic acids is 1. The van der Waals surface area contributed by atoms with Crippen LogP contribution in [0, 0.1) is 0 Å². The monoisotopic (exact) mass is 280 g/mol. The van der Waals surface area contributed by atoms with Crippen LogP contribution < -0.4 is 11.1 Å². The number of nitrogens with one attached hydrogen (secondary N) is 1. The van der Waals surface area contributed by atoms with Crippen molar-refractivity contribution in [2.45, 2.75) is 6.92 Å². The van der Waals surface area contributed by atoms with E-state index in [1.54, 1.807) is 18.5 Å². The molecule has 0 atom stereocenters. The summed E-state index contributed by atoms with van der Waals surface area (Å²) in [5.41, 5.74) is 9.49. The van der Waals surface area contributed by atoms with E-state index in [2.05, 4.69) is 10.3 Å². The summed E-state index contributed by atoms with van der Waals surface area (Å²) in [6, 6.07) is 13.2. The number of rotatable bonds is 4. The maximum atomic E-state index is 11.6. The van der Waals surface area contributed by atoms with Crippen LogP contribution in [0.1, 0.15) is 17.3 Å². The molecule has 0 aliphatic carbocycles. The molecule has 0 fully saturated rings. The normalized spacial score (nSPS) is 10.7. The first-order chi connectivity index (χ1) is 10.2. The van der Waals surface area contributed by atoms with E-state index in [0.29, 0.717) is 5.56 Å². The summed E-state index contributed by atoms with van der Waals surface area (Å²) in [7, 11) is 0. The minimum Gasteiger partial charge on any atom is -0.385 e. The van der Waals surface area contributed by atoms with Gasteiger partial charge in [-0.15, -0.1) is 0 Å². The number of hydrogen-bond acceptors (Lipinski definition) is 3. The van der Waals surface area contributed by atoms with Crippen LogP contribution >= 0.6 is 0 Å². The van der Waals surface area contributed by atoms with Gasteiger partial charge in [-0.3, -0.25) is 9.36 Å². The fourth-order valence-electron chi connectivity index (χ4n) is 2.41. The van der Waals surface area contributed by atoms with Crippen LogP contribution in [-0.2, 0) is 0 Å². The fraction of sp³-hybridized carbons (Fsp3) is 0.125. The van der Waals surface area contributed by atoms with Crippen LogP contribution in [0.2, 0.25) is 0 Å². The number of carbonyl (C=O) groups is 1. The third-order valence-corrected chi connectivity index (χ3v) is 3.36. The second-order valence-corrected chi connectivity index (χ2v) is 4.73. The molecular formula is C16H16N4O. The summed E-state index contributed by atoms with van der Waals surface area (Å²) in [5, 5.41) is 3.27. The van der Waals surface area contributed by atoms with Gasteiger partial charge in [0, 0.05) is 12.2 Å². The van der Waals surface area contributed by atoms with Crippen LogP contribution in [0.3, 0.4) is 0 Å². The van der Waals surface area contributed by atoms with E-state index in [1.807, 2.05) is 41.8 Å². The SMILES string of the molecule is CCNc1ccc2ncn(-c3ccccc3C(N)=O)c2c1. The minimum absolute atomic E-state index is 0.449. The molecular weight excluding hydrogens is 264 g/mol. The Morgan fingerprint density at radius 2 is 2.10 bits per heavy atom. The molecule has 2 aromatic carbocycles. The van der Waals surface area contributed by atoms with E-state index >= 15 is 0 Å². The molecule has 1 heterocycles. The Bertz CT molecular complexity index is 807. The minimum atomic E-state index is -0.449. The second-order valence-electron chi connectivity index (χ2n) is 4.73. The lowest BCUT2D eigenvalue weighted by Crippen LogP contribution is -2.14. The van der Waals surface area contributed by atoms with E-state index in [0.717, 1.165) is 29.0 Å². The molecule has 0 saturated carbocycles. The Hall–Kier alpha value is -2.82. The Balaban J connectivity index is 2.21. The van der Waals surface area contributed by atoms with Gasteiger partial charge in [0.25, 0.3) is 5.91 Å². The summed E-state index contributed by atoms with van der Waals surface area (Å²) in [6.07, 6.45) is 1.71. The first-order valence-electron chi connectivity index (χ1n) is 6.81. The van der Waals surface area contributed by atoms with Gasteiger partial charge < -0.3 is 11.1 Å². The molecule has 0 bridgehead atoms. The molecule has 21 heavy (non-hydrogen) atoms. The molecule has 0 radical (unpaired) electrons. The van der Waals surface area contributed by atoms with Gasteiger partial charge in [-0.1, -0.05) is 12.1 Å². The lowest BCUT2D eigenvalue weighted by atomic mass is 10.1. The predicted molar refractivity (Wildman–Crippen MR) is 83.8 cm³/mol. The number of para-hydroxylation sites is 1. The van der Waals surface area contributed by atoms with Gasteiger partial charge in [-0.05, 0) is 37.3 Å². The van der Waals surface area contributed by atoms with Crippen molar-refractivity contribution in [1.29, 1.82) is 0 Å². The maximum Gasteiger partial charge on any atom is 0.250 e. The number of imidazole rings is 1. The number of fused-ring (bicyclic) bond motifs is 1. The predicted octanol–water partition coefficient (Wildman–Crippen LogP) is 2.56. The topological polar surface area (TPSA) is 72.9 Å². The fourth-order valence-corrected chi connectivity index (χ4v) is 2.41. The number of aromatic nitrogens is 2. The zero-order valence-electron chi connectivity index (χ0n) is 11.7. The van der Waals surface area contributed by atoms with Crippen LogP contribution in [-0.4, -0.2) is 22.0 Å². The molecule has 0 unspecified atom stereocenters. The van der Waals surface area contributed by atoms with Crippen LogP contribution in [0.5, 0.6) is 0 Å². The van der Waals surface area contributed by atoms with Gasteiger partial charge in [0.05, 0.1) is 22.3 Å². The number of amides is 1. The molecule has 0 aliphatic heterocycles. The quantitative estimate of drug-likeness (QED) is 0.771. The van der Waals surface area contributed by atoms with E-state index < -0.39 is 5.91 Å². The molecule has 1 amide bonds. The highest BCUT2D eigenvalue weighted by Gasteiger charge is 2.12. The van der Waals surface area contributed by atoms with Crippen molar-refractivity contribution in [3.63, 3.8) is 0 Å². The summed E-state index contributed by atoms with van der Waals surface area (Å²) in [5.74, 6) is -0.449. The molecule has 3 N–H and O–H groups in total. The first kappa shape index (κ1) is 13.2. The zero-order valence-corrected chi connectivity index (χ0v) is 11.7. The van der Waals surface area contributed by atoms with Gasteiger partial charge >= 0.3 is 0 Å². The van der Waals surface area contributed by atoms with E-state index in [-0.39, 0.29) is 0 Å². The van der Waals surface area contributed by atoms with Gasteiger partial charge in [-0.25, -0.2) is 4.98 Å². The number of nitrogens with two attached hydrogens (primary N) is 1. The Labute approximate surface area is 122 Å². The van der Waals surface area contributed by atoms with E-state index in [9.17, 15) is 4.79 Å². The number of benzene rings is 2. The van der Waals surface area contributed by atoms with Crippen molar-refractivity contribution in [1.82, 2.24) is 9.55 Å². The Kier molecular flexibility index (Phi) is 3.31. The first-order valence-corrected chi connectivity index (χ1v) is 6.81. The maximum absolute atomic E-state index is 11.6. The number of anilines is 1. The highest BCUT2D eigenvalue weighted by molar-refractivity contribution is 5.97. The number of hydrogen-bond donors (Lipinski definition) is 2. The highest BCUT2D eigenvalue weighted by atomic mass is 16.1. The molecule has 0 aliphatic rings. The smallest absolute Gasteiger partial charge is 0.250 e. The highest BCUT2D eigenvalue weighted by Crippen LogP contribution is 2.23. The van der Waals surface area contributed by atoms with Crippen LogP contribution in [0.25, 0.3) is 16.7 Å². The van der Waals surface area contributed by atoms with E-state index in [4.69, 9.17) is 5.73 Å². The van der Waals surface area contributed by atoms with Crippen molar-refractivity contribution in [3.8, 4) is 5.69 Å². The molecule has 0 saturated heterocycles. The van der Waals surface area contributed by atoms with Crippen molar-refractivity contribution in [2.24, 2.45) is 5.73 Å². The molecule has 3 rings (SSSR count). The molecule has 5 heteroatoms. The van der Waals surface area contributed by atoms with Gasteiger partial charge in [0.15, 0.2) is 0 Å². The van der Waals surface area contributed by atoms with Crippen molar-refractivity contribution in [2.75, 3.05) is 11.9 Å². The van der Waals surface area contributed by atoms with Crippen LogP contribution in [0.15, 0.2) is 48.8 Å². The van der Waals surface area contributed by atoms with Crippen LogP contribution in [0.4, 0.5) is 5.69 Å². The van der Waals surface area contributed by atoms with Gasteiger partial charge in [-0.2, -0.15) is 0 Å². The lowest BCUT2D eigenvalue weighted by Gasteiger charge is -2.09. The van der Waals surface area contributed by atoms with Crippen molar-refractivity contribution in [3.05, 3.63) is 54.4 Å². The molecule has 0 spiro atoms. The largest absolute Gasteiger partial charge is 0.385 e. The molecule has 3 aromatic rings. The van der Waals surface area contributed by atoms with E-state index in [1.165, 1.54) is 0 Å². The van der Waals surface area contributed by atoms with Crippen molar-refractivity contribution >= 4 is 22.6 Å². The van der Waals surface area contributed by atoms with Gasteiger partial charge in [0.2, 0.25) is 0 Å². The standard InChI is InChI=1S/C16H16N4O/c1-2-18-11-7-8-13-15(9-11)20(10-19-13)14-6-4-3-5-12(14)16(17)21/h3-10,18H,2H2,1H3,(H2,17,21). The second kappa shape index (κ2) is 5.28. The molecule has 5 nitrogen and oxygen atoms in total. The average Bonchev–Trinajstić information content (AvgIpc) is 2.90. The Morgan fingerprint density at radius 1 is 1.29 bits per heavy atom. The summed E-state index contributed by atoms with van der Waals surface area (Å²) >= 11 is 0. The third kappa shape index (κ3) is 2.33. The molecule has 1 aromatic heterocycles.